The fourth-order valence-corrected chi connectivity index (χ4v) is 3.06. The molecule has 164 valence electrons. The van der Waals surface area contributed by atoms with Crippen LogP contribution in [0.15, 0.2) is 18.2 Å². The molecule has 1 N–H and O–H groups in total. The molecule has 8 nitrogen and oxygen atoms in total. The second-order valence-corrected chi connectivity index (χ2v) is 7.93. The second-order valence-electron chi connectivity index (χ2n) is 6.36. The van der Waals surface area contributed by atoms with Gasteiger partial charge in [0.25, 0.3) is 10.1 Å². The SMILES string of the molecule is CC(Oc1cc(C(=O)OCCS(=O)(=O)O)ccc1OC(F)(F)F)OC1CCCC1. The Hall–Kier alpha value is -2.05. The molecule has 1 saturated carbocycles. The number of carbonyl (C=O) groups excluding carboxylic acids is 1. The monoisotopic (exact) mass is 442 g/mol. The van der Waals surface area contributed by atoms with Crippen molar-refractivity contribution in [3.63, 3.8) is 0 Å². The zero-order valence-electron chi connectivity index (χ0n) is 15.5. The van der Waals surface area contributed by atoms with Gasteiger partial charge in [-0.25, -0.2) is 4.79 Å². The Morgan fingerprint density at radius 2 is 1.90 bits per heavy atom. The molecule has 29 heavy (non-hydrogen) atoms. The van der Waals surface area contributed by atoms with Crippen LogP contribution in [0.3, 0.4) is 0 Å². The van der Waals surface area contributed by atoms with E-state index < -0.39 is 52.6 Å². The van der Waals surface area contributed by atoms with E-state index in [1.807, 2.05) is 0 Å². The summed E-state index contributed by atoms with van der Waals surface area (Å²) in [7, 11) is -4.33. The number of alkyl halides is 3. The van der Waals surface area contributed by atoms with Gasteiger partial charge in [-0.1, -0.05) is 12.8 Å². The van der Waals surface area contributed by atoms with Gasteiger partial charge >= 0.3 is 12.3 Å². The van der Waals surface area contributed by atoms with Crippen molar-refractivity contribution in [2.24, 2.45) is 0 Å². The van der Waals surface area contributed by atoms with E-state index in [0.717, 1.165) is 43.9 Å². The first-order valence-electron chi connectivity index (χ1n) is 8.77. The van der Waals surface area contributed by atoms with Gasteiger partial charge in [-0.15, -0.1) is 13.2 Å². The number of hydrogen-bond donors (Lipinski definition) is 1. The van der Waals surface area contributed by atoms with Gasteiger partial charge in [0.1, 0.15) is 12.4 Å². The third-order valence-corrected chi connectivity index (χ3v) is 4.64. The predicted molar refractivity (Wildman–Crippen MR) is 93.3 cm³/mol. The van der Waals surface area contributed by atoms with E-state index in [9.17, 15) is 26.4 Å². The molecular formula is C17H21F3O8S. The van der Waals surface area contributed by atoms with Crippen LogP contribution in [-0.4, -0.2) is 50.1 Å². The molecule has 0 aromatic heterocycles. The first-order valence-corrected chi connectivity index (χ1v) is 10.4. The summed E-state index contributed by atoms with van der Waals surface area (Å²) >= 11 is 0. The molecule has 1 unspecified atom stereocenters. The second kappa shape index (κ2) is 9.63. The van der Waals surface area contributed by atoms with Crippen LogP contribution in [0, 0.1) is 0 Å². The molecule has 2 rings (SSSR count). The summed E-state index contributed by atoms with van der Waals surface area (Å²) in [6, 6.07) is 2.86. The molecule has 1 aliphatic rings. The minimum absolute atomic E-state index is 0.0643. The summed E-state index contributed by atoms with van der Waals surface area (Å²) < 4.78 is 87.5. The van der Waals surface area contributed by atoms with Gasteiger partial charge in [-0.3, -0.25) is 4.55 Å². The lowest BCUT2D eigenvalue weighted by molar-refractivity contribution is -0.275. The molecule has 0 amide bonds. The Kier molecular flexibility index (Phi) is 7.72. The van der Waals surface area contributed by atoms with Crippen molar-refractivity contribution >= 4 is 16.1 Å². The first kappa shape index (κ1) is 23.2. The average molecular weight is 442 g/mol. The van der Waals surface area contributed by atoms with Gasteiger partial charge in [0.15, 0.2) is 17.8 Å². The topological polar surface area (TPSA) is 108 Å². The Morgan fingerprint density at radius 3 is 2.48 bits per heavy atom. The number of ether oxygens (including phenoxy) is 4. The third-order valence-electron chi connectivity index (χ3n) is 3.96. The molecule has 1 aromatic carbocycles. The van der Waals surface area contributed by atoms with Crippen LogP contribution in [0.5, 0.6) is 11.5 Å². The molecule has 0 aliphatic heterocycles. The zero-order chi connectivity index (χ0) is 21.7. The number of hydrogen-bond acceptors (Lipinski definition) is 7. The zero-order valence-corrected chi connectivity index (χ0v) is 16.3. The number of rotatable bonds is 9. The smallest absolute Gasteiger partial charge is 0.461 e. The molecule has 12 heteroatoms. The van der Waals surface area contributed by atoms with Gasteiger partial charge in [-0.05, 0) is 38.0 Å². The van der Waals surface area contributed by atoms with E-state index >= 15 is 0 Å². The number of esters is 1. The Morgan fingerprint density at radius 1 is 1.24 bits per heavy atom. The Balaban J connectivity index is 2.13. The molecule has 1 atom stereocenters. The van der Waals surface area contributed by atoms with Crippen LogP contribution in [0.1, 0.15) is 43.0 Å². The Bertz CT molecular complexity index is 803. The van der Waals surface area contributed by atoms with Crippen LogP contribution in [0.25, 0.3) is 0 Å². The summed E-state index contributed by atoms with van der Waals surface area (Å²) in [5, 5.41) is 0. The van der Waals surface area contributed by atoms with Crippen molar-refractivity contribution in [3.8, 4) is 11.5 Å². The van der Waals surface area contributed by atoms with Crippen molar-refractivity contribution in [1.82, 2.24) is 0 Å². The fourth-order valence-electron chi connectivity index (χ4n) is 2.76. The largest absolute Gasteiger partial charge is 0.573 e. The predicted octanol–water partition coefficient (Wildman–Crippen LogP) is 3.31. The minimum atomic E-state index is -4.98. The lowest BCUT2D eigenvalue weighted by Gasteiger charge is -2.22. The standard InChI is InChI=1S/C17H21F3O8S/c1-11(26-13-4-2-3-5-13)27-15-10-12(6-7-14(15)28-17(18,19)20)16(21)25-8-9-29(22,23)24/h6-7,10-11,13H,2-5,8-9H2,1H3,(H,22,23,24). The Labute approximate surface area is 165 Å². The van der Waals surface area contributed by atoms with Crippen molar-refractivity contribution in [2.75, 3.05) is 12.4 Å². The van der Waals surface area contributed by atoms with Crippen LogP contribution < -0.4 is 9.47 Å². The molecule has 1 aromatic rings. The highest BCUT2D eigenvalue weighted by Crippen LogP contribution is 2.34. The molecule has 1 aliphatic carbocycles. The quantitative estimate of drug-likeness (QED) is 0.353. The molecule has 0 bridgehead atoms. The third kappa shape index (κ3) is 8.46. The van der Waals surface area contributed by atoms with E-state index in [-0.39, 0.29) is 11.7 Å². The maximum Gasteiger partial charge on any atom is 0.573 e. The summed E-state index contributed by atoms with van der Waals surface area (Å²) in [4.78, 5) is 12.0. The number of halogens is 3. The van der Waals surface area contributed by atoms with Crippen molar-refractivity contribution < 1.29 is 49.9 Å². The van der Waals surface area contributed by atoms with Gasteiger partial charge in [0, 0.05) is 0 Å². The summed E-state index contributed by atoms with van der Waals surface area (Å²) in [6.45, 7) is 0.878. The van der Waals surface area contributed by atoms with Crippen LogP contribution in [0.4, 0.5) is 13.2 Å². The van der Waals surface area contributed by atoms with Gasteiger partial charge in [0.05, 0.1) is 11.7 Å². The molecular weight excluding hydrogens is 421 g/mol. The highest BCUT2D eigenvalue weighted by molar-refractivity contribution is 7.85. The van der Waals surface area contributed by atoms with Crippen LogP contribution in [-0.2, 0) is 19.6 Å². The molecule has 0 heterocycles. The highest BCUT2D eigenvalue weighted by atomic mass is 32.2. The lowest BCUT2D eigenvalue weighted by atomic mass is 10.2. The van der Waals surface area contributed by atoms with Crippen molar-refractivity contribution in [2.45, 2.75) is 51.4 Å². The lowest BCUT2D eigenvalue weighted by Crippen LogP contribution is -2.24. The first-order chi connectivity index (χ1) is 13.4. The van der Waals surface area contributed by atoms with E-state index in [1.165, 1.54) is 6.92 Å². The highest BCUT2D eigenvalue weighted by Gasteiger charge is 2.33. The maximum atomic E-state index is 12.6. The fraction of sp³-hybridized carbons (Fsp3) is 0.588. The van der Waals surface area contributed by atoms with Gasteiger partial charge < -0.3 is 18.9 Å². The summed E-state index contributed by atoms with van der Waals surface area (Å²) in [5.74, 6) is -2.89. The molecule has 0 radical (unpaired) electrons. The van der Waals surface area contributed by atoms with Crippen molar-refractivity contribution in [3.05, 3.63) is 23.8 Å². The van der Waals surface area contributed by atoms with E-state index in [1.54, 1.807) is 0 Å². The van der Waals surface area contributed by atoms with Gasteiger partial charge in [-0.2, -0.15) is 8.42 Å². The normalized spacial score (nSPS) is 16.4. The van der Waals surface area contributed by atoms with Crippen molar-refractivity contribution in [1.29, 1.82) is 0 Å². The summed E-state index contributed by atoms with van der Waals surface area (Å²) in [6.07, 6.45) is -2.33. The minimum Gasteiger partial charge on any atom is -0.461 e. The van der Waals surface area contributed by atoms with E-state index in [2.05, 4.69) is 9.47 Å². The summed E-state index contributed by atoms with van der Waals surface area (Å²) in [5.41, 5.74) is -0.196. The van der Waals surface area contributed by atoms with E-state index in [0.29, 0.717) is 0 Å². The van der Waals surface area contributed by atoms with Crippen LogP contribution in [0.2, 0.25) is 0 Å². The van der Waals surface area contributed by atoms with Crippen LogP contribution >= 0.6 is 0 Å². The molecule has 0 saturated heterocycles. The average Bonchev–Trinajstić information content (AvgIpc) is 3.06. The van der Waals surface area contributed by atoms with Gasteiger partial charge in [0.2, 0.25) is 0 Å². The molecule has 0 spiro atoms. The molecule has 1 fully saturated rings. The van der Waals surface area contributed by atoms with E-state index in [4.69, 9.17) is 14.0 Å². The maximum absolute atomic E-state index is 12.6. The number of carbonyl (C=O) groups is 1. The number of benzene rings is 1.